The summed E-state index contributed by atoms with van der Waals surface area (Å²) in [5.41, 5.74) is -0.125. The predicted molar refractivity (Wildman–Crippen MR) is 74.5 cm³/mol. The van der Waals surface area contributed by atoms with Gasteiger partial charge in [-0.25, -0.2) is 0 Å². The standard InChI is InChI=1S/C13H11ClN2O5/c1-15-13(17)11-5-3-9(21-11)7-20-12-6-8(16(18)19)2-4-10(12)14/h2-6H,7H2,1H3,(H,15,17). The molecule has 0 aliphatic carbocycles. The highest BCUT2D eigenvalue weighted by Crippen LogP contribution is 2.29. The number of amides is 1. The second kappa shape index (κ2) is 6.27. The van der Waals surface area contributed by atoms with Gasteiger partial charge in [-0.15, -0.1) is 0 Å². The first kappa shape index (κ1) is 14.9. The SMILES string of the molecule is CNC(=O)c1ccc(COc2cc([N+](=O)[O-])ccc2Cl)o1. The zero-order chi connectivity index (χ0) is 15.4. The molecule has 1 aromatic carbocycles. The fraction of sp³-hybridized carbons (Fsp3) is 0.154. The summed E-state index contributed by atoms with van der Waals surface area (Å²) in [5, 5.41) is 13.4. The third-order valence-corrected chi connectivity index (χ3v) is 2.92. The quantitative estimate of drug-likeness (QED) is 0.677. The molecule has 2 aromatic rings. The van der Waals surface area contributed by atoms with E-state index in [1.807, 2.05) is 0 Å². The molecule has 8 heteroatoms. The minimum absolute atomic E-state index is 0.00210. The largest absolute Gasteiger partial charge is 0.484 e. The summed E-state index contributed by atoms with van der Waals surface area (Å²) in [6.45, 7) is -0.00210. The van der Waals surface area contributed by atoms with Crippen LogP contribution in [0, 0.1) is 10.1 Å². The highest BCUT2D eigenvalue weighted by molar-refractivity contribution is 6.32. The Morgan fingerprint density at radius 3 is 2.86 bits per heavy atom. The summed E-state index contributed by atoms with van der Waals surface area (Å²) >= 11 is 5.90. The fourth-order valence-electron chi connectivity index (χ4n) is 1.57. The minimum atomic E-state index is -0.542. The van der Waals surface area contributed by atoms with Crippen molar-refractivity contribution >= 4 is 23.2 Å². The van der Waals surface area contributed by atoms with Crippen LogP contribution in [0.15, 0.2) is 34.7 Å². The molecule has 0 unspecified atom stereocenters. The summed E-state index contributed by atoms with van der Waals surface area (Å²) < 4.78 is 10.6. The Hall–Kier alpha value is -2.54. The molecule has 1 aromatic heterocycles. The Balaban J connectivity index is 2.09. The highest BCUT2D eigenvalue weighted by Gasteiger charge is 2.13. The Morgan fingerprint density at radius 1 is 1.43 bits per heavy atom. The van der Waals surface area contributed by atoms with E-state index in [0.29, 0.717) is 5.76 Å². The zero-order valence-corrected chi connectivity index (χ0v) is 11.7. The molecule has 0 radical (unpaired) electrons. The van der Waals surface area contributed by atoms with Crippen molar-refractivity contribution in [2.75, 3.05) is 7.05 Å². The number of carbonyl (C=O) groups is 1. The molecule has 0 atom stereocenters. The van der Waals surface area contributed by atoms with Crippen LogP contribution in [0.25, 0.3) is 0 Å². The molecule has 0 bridgehead atoms. The van der Waals surface area contributed by atoms with Gasteiger partial charge in [0.05, 0.1) is 16.0 Å². The van der Waals surface area contributed by atoms with Crippen molar-refractivity contribution in [2.45, 2.75) is 6.61 Å². The maximum atomic E-state index is 11.3. The molecule has 1 N–H and O–H groups in total. The normalized spacial score (nSPS) is 10.2. The van der Waals surface area contributed by atoms with Crippen LogP contribution < -0.4 is 10.1 Å². The van der Waals surface area contributed by atoms with Gasteiger partial charge in [-0.05, 0) is 18.2 Å². The second-order valence-corrected chi connectivity index (χ2v) is 4.41. The van der Waals surface area contributed by atoms with Gasteiger partial charge in [0, 0.05) is 13.1 Å². The molecule has 0 saturated heterocycles. The molecule has 110 valence electrons. The van der Waals surface area contributed by atoms with Crippen molar-refractivity contribution in [3.8, 4) is 5.75 Å². The van der Waals surface area contributed by atoms with Gasteiger partial charge < -0.3 is 14.5 Å². The minimum Gasteiger partial charge on any atom is -0.484 e. The first-order chi connectivity index (χ1) is 10.0. The number of nitro benzene ring substituents is 1. The average Bonchev–Trinajstić information content (AvgIpc) is 2.94. The second-order valence-electron chi connectivity index (χ2n) is 4.01. The number of ether oxygens (including phenoxy) is 1. The average molecular weight is 311 g/mol. The summed E-state index contributed by atoms with van der Waals surface area (Å²) in [4.78, 5) is 21.5. The Labute approximate surface area is 124 Å². The number of carbonyl (C=O) groups excluding carboxylic acids is 1. The zero-order valence-electron chi connectivity index (χ0n) is 11.0. The molecule has 0 aliphatic heterocycles. The fourth-order valence-corrected chi connectivity index (χ4v) is 1.74. The summed E-state index contributed by atoms with van der Waals surface area (Å²) in [6.07, 6.45) is 0. The van der Waals surface area contributed by atoms with Crippen molar-refractivity contribution < 1.29 is 18.9 Å². The van der Waals surface area contributed by atoms with Crippen LogP contribution in [0.2, 0.25) is 5.02 Å². The van der Waals surface area contributed by atoms with Crippen molar-refractivity contribution in [2.24, 2.45) is 0 Å². The van der Waals surface area contributed by atoms with Crippen molar-refractivity contribution in [1.82, 2.24) is 5.32 Å². The van der Waals surface area contributed by atoms with Crippen LogP contribution in [0.4, 0.5) is 5.69 Å². The van der Waals surface area contributed by atoms with Crippen LogP contribution >= 0.6 is 11.6 Å². The molecule has 0 spiro atoms. The van der Waals surface area contributed by atoms with Crippen LogP contribution in [0.5, 0.6) is 5.75 Å². The number of nitro groups is 1. The van der Waals surface area contributed by atoms with E-state index in [-0.39, 0.29) is 34.7 Å². The van der Waals surface area contributed by atoms with Gasteiger partial charge in [0.1, 0.15) is 18.1 Å². The third-order valence-electron chi connectivity index (χ3n) is 2.61. The number of benzene rings is 1. The number of hydrogen-bond acceptors (Lipinski definition) is 5. The number of halogens is 1. The smallest absolute Gasteiger partial charge is 0.286 e. The number of non-ortho nitro benzene ring substituents is 1. The first-order valence-electron chi connectivity index (χ1n) is 5.89. The highest BCUT2D eigenvalue weighted by atomic mass is 35.5. The molecular formula is C13H11ClN2O5. The molecule has 1 amide bonds. The number of furan rings is 1. The van der Waals surface area contributed by atoms with E-state index in [1.165, 1.54) is 31.3 Å². The van der Waals surface area contributed by atoms with Gasteiger partial charge in [0.15, 0.2) is 5.76 Å². The molecule has 2 rings (SSSR count). The van der Waals surface area contributed by atoms with Gasteiger partial charge >= 0.3 is 0 Å². The van der Waals surface area contributed by atoms with E-state index >= 15 is 0 Å². The van der Waals surface area contributed by atoms with Gasteiger partial charge in [-0.2, -0.15) is 0 Å². The van der Waals surface area contributed by atoms with E-state index in [1.54, 1.807) is 6.07 Å². The van der Waals surface area contributed by atoms with Crippen molar-refractivity contribution in [1.29, 1.82) is 0 Å². The van der Waals surface area contributed by atoms with Crippen LogP contribution in [-0.2, 0) is 6.61 Å². The summed E-state index contributed by atoms with van der Waals surface area (Å²) in [5.74, 6) is 0.371. The number of nitrogens with one attached hydrogen (secondary N) is 1. The van der Waals surface area contributed by atoms with Gasteiger partial charge in [0.25, 0.3) is 11.6 Å². The monoisotopic (exact) mass is 310 g/mol. The summed E-state index contributed by atoms with van der Waals surface area (Å²) in [7, 11) is 1.49. The first-order valence-corrected chi connectivity index (χ1v) is 6.26. The van der Waals surface area contributed by atoms with E-state index in [0.717, 1.165) is 0 Å². The Bertz CT molecular complexity index is 683. The van der Waals surface area contributed by atoms with Gasteiger partial charge in [-0.3, -0.25) is 14.9 Å². The van der Waals surface area contributed by atoms with E-state index in [9.17, 15) is 14.9 Å². The van der Waals surface area contributed by atoms with E-state index in [2.05, 4.69) is 5.32 Å². The van der Waals surface area contributed by atoms with E-state index in [4.69, 9.17) is 20.8 Å². The molecule has 21 heavy (non-hydrogen) atoms. The third kappa shape index (κ3) is 3.51. The Morgan fingerprint density at radius 2 is 2.19 bits per heavy atom. The molecule has 0 saturated carbocycles. The predicted octanol–water partition coefficient (Wildman–Crippen LogP) is 2.78. The molecule has 0 aliphatic rings. The van der Waals surface area contributed by atoms with Crippen LogP contribution in [0.3, 0.4) is 0 Å². The number of hydrogen-bond donors (Lipinski definition) is 1. The lowest BCUT2D eigenvalue weighted by atomic mass is 10.3. The molecular weight excluding hydrogens is 300 g/mol. The van der Waals surface area contributed by atoms with E-state index < -0.39 is 4.92 Å². The number of nitrogens with zero attached hydrogens (tertiary/aromatic N) is 1. The topological polar surface area (TPSA) is 94.6 Å². The summed E-state index contributed by atoms with van der Waals surface area (Å²) in [6, 6.07) is 6.98. The van der Waals surface area contributed by atoms with Gasteiger partial charge in [-0.1, -0.05) is 11.6 Å². The Kier molecular flexibility index (Phi) is 4.44. The lowest BCUT2D eigenvalue weighted by Gasteiger charge is -2.06. The van der Waals surface area contributed by atoms with Crippen LogP contribution in [-0.4, -0.2) is 17.9 Å². The lowest BCUT2D eigenvalue weighted by molar-refractivity contribution is -0.384. The van der Waals surface area contributed by atoms with Gasteiger partial charge in [0.2, 0.25) is 0 Å². The maximum absolute atomic E-state index is 11.3. The molecule has 7 nitrogen and oxygen atoms in total. The number of rotatable bonds is 5. The van der Waals surface area contributed by atoms with Crippen molar-refractivity contribution in [3.05, 3.63) is 57.0 Å². The lowest BCUT2D eigenvalue weighted by Crippen LogP contribution is -2.16. The molecule has 1 heterocycles. The van der Waals surface area contributed by atoms with Crippen LogP contribution in [0.1, 0.15) is 16.3 Å². The maximum Gasteiger partial charge on any atom is 0.286 e. The molecule has 0 fully saturated rings. The van der Waals surface area contributed by atoms with Crippen molar-refractivity contribution in [3.63, 3.8) is 0 Å².